The molecule has 0 unspecified atom stereocenters. The van der Waals surface area contributed by atoms with Gasteiger partial charge >= 0.3 is 0 Å². The van der Waals surface area contributed by atoms with E-state index < -0.39 is 0 Å². The molecule has 0 aromatic carbocycles. The normalized spacial score (nSPS) is 29.4. The molecule has 1 aromatic rings. The molecule has 2 fully saturated rings. The number of hydrogen-bond acceptors (Lipinski definition) is 4. The molecule has 2 aliphatic carbocycles. The van der Waals surface area contributed by atoms with Crippen molar-refractivity contribution in [1.29, 1.82) is 0 Å². The molecule has 1 aromatic heterocycles. The van der Waals surface area contributed by atoms with Gasteiger partial charge in [-0.3, -0.25) is 0 Å². The maximum Gasteiger partial charge on any atom is 0.246 e. The van der Waals surface area contributed by atoms with Crippen LogP contribution in [-0.2, 0) is 5.54 Å². The first-order valence-electron chi connectivity index (χ1n) is 8.84. The molecule has 2 saturated carbocycles. The zero-order valence-corrected chi connectivity index (χ0v) is 13.3. The Morgan fingerprint density at radius 1 is 1.14 bits per heavy atom. The second kappa shape index (κ2) is 6.47. The predicted molar refractivity (Wildman–Crippen MR) is 82.9 cm³/mol. The van der Waals surface area contributed by atoms with Crippen LogP contribution in [0.25, 0.3) is 0 Å². The third-order valence-electron chi connectivity index (χ3n) is 5.52. The van der Waals surface area contributed by atoms with E-state index in [4.69, 9.17) is 15.2 Å². The topological polar surface area (TPSA) is 64.9 Å². The molecular formula is C17H29N3O. The van der Waals surface area contributed by atoms with Crippen molar-refractivity contribution in [2.45, 2.75) is 89.0 Å². The maximum atomic E-state index is 6.49. The van der Waals surface area contributed by atoms with Gasteiger partial charge in [-0.2, -0.15) is 4.98 Å². The van der Waals surface area contributed by atoms with Gasteiger partial charge in [0.2, 0.25) is 5.89 Å². The third-order valence-corrected chi connectivity index (χ3v) is 5.52. The lowest BCUT2D eigenvalue weighted by Crippen LogP contribution is -2.39. The van der Waals surface area contributed by atoms with Gasteiger partial charge in [0.25, 0.3) is 0 Å². The van der Waals surface area contributed by atoms with E-state index in [1.807, 2.05) is 0 Å². The maximum absolute atomic E-state index is 6.49. The SMILES string of the molecule is CCCC1CCC(c2noc(C3(N)CCCCC3)n2)CC1. The van der Waals surface area contributed by atoms with Gasteiger partial charge in [0.1, 0.15) is 0 Å². The minimum Gasteiger partial charge on any atom is -0.337 e. The monoisotopic (exact) mass is 291 g/mol. The number of hydrogen-bond donors (Lipinski definition) is 1. The van der Waals surface area contributed by atoms with Crippen molar-refractivity contribution < 1.29 is 4.52 Å². The number of rotatable bonds is 4. The molecule has 4 nitrogen and oxygen atoms in total. The lowest BCUT2D eigenvalue weighted by molar-refractivity contribution is 0.218. The van der Waals surface area contributed by atoms with E-state index in [1.165, 1.54) is 57.8 Å². The van der Waals surface area contributed by atoms with E-state index in [0.717, 1.165) is 24.6 Å². The van der Waals surface area contributed by atoms with Crippen LogP contribution in [0.5, 0.6) is 0 Å². The Morgan fingerprint density at radius 2 is 1.86 bits per heavy atom. The van der Waals surface area contributed by atoms with Crippen LogP contribution in [0, 0.1) is 5.92 Å². The van der Waals surface area contributed by atoms with Gasteiger partial charge in [0, 0.05) is 5.92 Å². The van der Waals surface area contributed by atoms with E-state index in [2.05, 4.69) is 12.1 Å². The van der Waals surface area contributed by atoms with Gasteiger partial charge in [-0.15, -0.1) is 0 Å². The molecule has 3 rings (SSSR count). The number of nitrogens with two attached hydrogens (primary N) is 1. The molecule has 0 saturated heterocycles. The standard InChI is InChI=1S/C17H29N3O/c1-2-6-13-7-9-14(10-8-13)15-19-16(21-20-15)17(18)11-4-3-5-12-17/h13-14H,2-12,18H2,1H3. The Morgan fingerprint density at radius 3 is 2.52 bits per heavy atom. The summed E-state index contributed by atoms with van der Waals surface area (Å²) in [6, 6.07) is 0. The van der Waals surface area contributed by atoms with Crippen LogP contribution in [0.4, 0.5) is 0 Å². The third kappa shape index (κ3) is 3.31. The fraction of sp³-hybridized carbons (Fsp3) is 0.882. The second-order valence-corrected chi connectivity index (χ2v) is 7.18. The molecule has 0 radical (unpaired) electrons. The van der Waals surface area contributed by atoms with Crippen LogP contribution in [0.3, 0.4) is 0 Å². The molecule has 118 valence electrons. The highest BCUT2D eigenvalue weighted by atomic mass is 16.5. The first-order chi connectivity index (χ1) is 10.2. The smallest absolute Gasteiger partial charge is 0.246 e. The molecule has 0 amide bonds. The lowest BCUT2D eigenvalue weighted by Gasteiger charge is -2.29. The Hall–Kier alpha value is -0.900. The van der Waals surface area contributed by atoms with Crippen LogP contribution in [0.2, 0.25) is 0 Å². The summed E-state index contributed by atoms with van der Waals surface area (Å²) in [5.41, 5.74) is 6.13. The first-order valence-corrected chi connectivity index (χ1v) is 8.84. The van der Waals surface area contributed by atoms with Gasteiger partial charge in [-0.05, 0) is 44.4 Å². The summed E-state index contributed by atoms with van der Waals surface area (Å²) >= 11 is 0. The van der Waals surface area contributed by atoms with E-state index in [-0.39, 0.29) is 5.54 Å². The summed E-state index contributed by atoms with van der Waals surface area (Å²) < 4.78 is 5.55. The highest BCUT2D eigenvalue weighted by Gasteiger charge is 2.36. The van der Waals surface area contributed by atoms with E-state index in [9.17, 15) is 0 Å². The van der Waals surface area contributed by atoms with Crippen molar-refractivity contribution >= 4 is 0 Å². The van der Waals surface area contributed by atoms with Crippen LogP contribution in [0.15, 0.2) is 4.52 Å². The van der Waals surface area contributed by atoms with Gasteiger partial charge in [0.15, 0.2) is 5.82 Å². The molecule has 4 heteroatoms. The van der Waals surface area contributed by atoms with Gasteiger partial charge in [-0.25, -0.2) is 0 Å². The average molecular weight is 291 g/mol. The van der Waals surface area contributed by atoms with Crippen molar-refractivity contribution in [2.75, 3.05) is 0 Å². The van der Waals surface area contributed by atoms with Crippen molar-refractivity contribution in [3.8, 4) is 0 Å². The molecular weight excluding hydrogens is 262 g/mol. The van der Waals surface area contributed by atoms with Gasteiger partial charge in [-0.1, -0.05) is 44.2 Å². The highest BCUT2D eigenvalue weighted by molar-refractivity contribution is 5.06. The fourth-order valence-electron chi connectivity index (χ4n) is 4.12. The summed E-state index contributed by atoms with van der Waals surface area (Å²) in [6.45, 7) is 2.28. The van der Waals surface area contributed by atoms with Crippen LogP contribution >= 0.6 is 0 Å². The van der Waals surface area contributed by atoms with Crippen molar-refractivity contribution in [2.24, 2.45) is 11.7 Å². The summed E-state index contributed by atoms with van der Waals surface area (Å²) in [4.78, 5) is 4.70. The summed E-state index contributed by atoms with van der Waals surface area (Å²) in [5.74, 6) is 3.00. The zero-order chi connectivity index (χ0) is 14.7. The average Bonchev–Trinajstić information content (AvgIpc) is 3.00. The molecule has 0 spiro atoms. The second-order valence-electron chi connectivity index (χ2n) is 7.18. The van der Waals surface area contributed by atoms with Crippen molar-refractivity contribution in [1.82, 2.24) is 10.1 Å². The number of nitrogens with zero attached hydrogens (tertiary/aromatic N) is 2. The van der Waals surface area contributed by atoms with E-state index >= 15 is 0 Å². The van der Waals surface area contributed by atoms with Crippen LogP contribution < -0.4 is 5.73 Å². The van der Waals surface area contributed by atoms with Gasteiger partial charge in [0.05, 0.1) is 5.54 Å². The quantitative estimate of drug-likeness (QED) is 0.900. The minimum absolute atomic E-state index is 0.358. The molecule has 2 aliphatic rings. The molecule has 1 heterocycles. The first kappa shape index (κ1) is 15.0. The largest absolute Gasteiger partial charge is 0.337 e. The molecule has 21 heavy (non-hydrogen) atoms. The summed E-state index contributed by atoms with van der Waals surface area (Å²) in [7, 11) is 0. The van der Waals surface area contributed by atoms with E-state index in [0.29, 0.717) is 11.8 Å². The Balaban J connectivity index is 1.63. The number of aromatic nitrogens is 2. The minimum atomic E-state index is -0.358. The van der Waals surface area contributed by atoms with Crippen molar-refractivity contribution in [3.05, 3.63) is 11.7 Å². The summed E-state index contributed by atoms with van der Waals surface area (Å²) in [6.07, 6.45) is 13.3. The zero-order valence-electron chi connectivity index (χ0n) is 13.3. The molecule has 2 N–H and O–H groups in total. The van der Waals surface area contributed by atoms with Crippen molar-refractivity contribution in [3.63, 3.8) is 0 Å². The Labute approximate surface area is 127 Å². The molecule has 0 aliphatic heterocycles. The predicted octanol–water partition coefficient (Wildman–Crippen LogP) is 4.26. The Kier molecular flexibility index (Phi) is 4.63. The fourth-order valence-corrected chi connectivity index (χ4v) is 4.12. The Bertz CT molecular complexity index is 443. The van der Waals surface area contributed by atoms with Crippen LogP contribution in [-0.4, -0.2) is 10.1 Å². The molecule has 0 atom stereocenters. The molecule has 0 bridgehead atoms. The highest BCUT2D eigenvalue weighted by Crippen LogP contribution is 2.38. The van der Waals surface area contributed by atoms with E-state index in [1.54, 1.807) is 0 Å². The van der Waals surface area contributed by atoms with Crippen LogP contribution in [0.1, 0.15) is 95.2 Å². The lowest BCUT2D eigenvalue weighted by atomic mass is 9.79. The summed E-state index contributed by atoms with van der Waals surface area (Å²) in [5, 5.41) is 4.27. The van der Waals surface area contributed by atoms with Gasteiger partial charge < -0.3 is 10.3 Å².